The maximum Gasteiger partial charge on any atom is 0.251 e. The molecular formula is C12H8F4N2. The molecule has 94 valence electrons. The third kappa shape index (κ3) is 2.27. The van der Waals surface area contributed by atoms with Gasteiger partial charge in [0, 0.05) is 17.3 Å². The Balaban J connectivity index is 2.40. The summed E-state index contributed by atoms with van der Waals surface area (Å²) >= 11 is 0. The van der Waals surface area contributed by atoms with Gasteiger partial charge in [-0.1, -0.05) is 6.07 Å². The molecule has 2 aromatic rings. The minimum Gasteiger partial charge on any atom is -0.337 e. The van der Waals surface area contributed by atoms with Crippen molar-refractivity contribution in [1.82, 2.24) is 4.98 Å². The Morgan fingerprint density at radius 3 is 2.44 bits per heavy atom. The first-order valence-corrected chi connectivity index (χ1v) is 5.02. The number of pyridine rings is 1. The fourth-order valence-corrected chi connectivity index (χ4v) is 1.40. The van der Waals surface area contributed by atoms with E-state index in [0.717, 1.165) is 0 Å². The van der Waals surface area contributed by atoms with Gasteiger partial charge in [0.15, 0.2) is 17.5 Å². The second-order valence-corrected chi connectivity index (χ2v) is 3.63. The average molecular weight is 256 g/mol. The fraction of sp³-hybridized carbons (Fsp3) is 0.0833. The molecule has 0 unspecified atom stereocenters. The average Bonchev–Trinajstić information content (AvgIpc) is 2.32. The number of rotatable bonds is 2. The van der Waals surface area contributed by atoms with Gasteiger partial charge in [0.05, 0.1) is 0 Å². The number of hydrogen-bond acceptors (Lipinski definition) is 2. The first-order valence-electron chi connectivity index (χ1n) is 5.02. The maximum absolute atomic E-state index is 13.3. The van der Waals surface area contributed by atoms with Crippen molar-refractivity contribution < 1.29 is 17.6 Å². The van der Waals surface area contributed by atoms with Crippen LogP contribution in [0.3, 0.4) is 0 Å². The normalized spacial score (nSPS) is 10.5. The van der Waals surface area contributed by atoms with E-state index in [1.807, 2.05) is 0 Å². The first-order chi connectivity index (χ1) is 8.49. The molecule has 0 spiro atoms. The minimum absolute atomic E-state index is 0.225. The van der Waals surface area contributed by atoms with E-state index in [0.29, 0.717) is 6.07 Å². The molecule has 2 rings (SSSR count). The van der Waals surface area contributed by atoms with Gasteiger partial charge in [0.2, 0.25) is 0 Å². The molecule has 1 heterocycles. The van der Waals surface area contributed by atoms with Crippen LogP contribution in [0.1, 0.15) is 5.56 Å². The molecule has 1 aromatic heterocycles. The first kappa shape index (κ1) is 12.3. The molecule has 0 saturated heterocycles. The molecule has 18 heavy (non-hydrogen) atoms. The lowest BCUT2D eigenvalue weighted by Crippen LogP contribution is -2.03. The number of anilines is 2. The number of halogens is 4. The molecule has 0 bridgehead atoms. The summed E-state index contributed by atoms with van der Waals surface area (Å²) in [6.07, 6.45) is 0. The Bertz CT molecular complexity index is 599. The van der Waals surface area contributed by atoms with Crippen LogP contribution < -0.4 is 5.32 Å². The van der Waals surface area contributed by atoms with Crippen molar-refractivity contribution in [3.8, 4) is 0 Å². The van der Waals surface area contributed by atoms with E-state index < -0.39 is 29.2 Å². The second kappa shape index (κ2) is 4.64. The molecule has 0 atom stereocenters. The molecule has 2 nitrogen and oxygen atoms in total. The number of hydrogen-bond donors (Lipinski definition) is 1. The lowest BCUT2D eigenvalue weighted by Gasteiger charge is -2.10. The summed E-state index contributed by atoms with van der Waals surface area (Å²) in [4.78, 5) is 3.09. The summed E-state index contributed by atoms with van der Waals surface area (Å²) in [5.74, 6) is -4.86. The van der Waals surface area contributed by atoms with E-state index >= 15 is 0 Å². The Hall–Kier alpha value is -2.11. The quantitative estimate of drug-likeness (QED) is 0.654. The highest BCUT2D eigenvalue weighted by Crippen LogP contribution is 2.23. The zero-order chi connectivity index (χ0) is 13.3. The summed E-state index contributed by atoms with van der Waals surface area (Å²) in [5, 5.41) is 2.42. The van der Waals surface area contributed by atoms with E-state index in [-0.39, 0.29) is 11.3 Å². The highest BCUT2D eigenvalue weighted by atomic mass is 19.2. The molecule has 6 heteroatoms. The van der Waals surface area contributed by atoms with Gasteiger partial charge >= 0.3 is 0 Å². The van der Waals surface area contributed by atoms with E-state index in [4.69, 9.17) is 0 Å². The van der Waals surface area contributed by atoms with Crippen LogP contribution in [0.25, 0.3) is 0 Å². The van der Waals surface area contributed by atoms with Gasteiger partial charge in [0.25, 0.3) is 5.95 Å². The molecular weight excluding hydrogens is 248 g/mol. The maximum atomic E-state index is 13.3. The van der Waals surface area contributed by atoms with Crippen molar-refractivity contribution in [3.63, 3.8) is 0 Å². The van der Waals surface area contributed by atoms with Crippen LogP contribution >= 0.6 is 0 Å². The number of nitrogens with zero attached hydrogens (tertiary/aromatic N) is 1. The molecule has 0 radical (unpaired) electrons. The van der Waals surface area contributed by atoms with Gasteiger partial charge < -0.3 is 5.32 Å². The Morgan fingerprint density at radius 2 is 1.72 bits per heavy atom. The molecule has 0 aliphatic rings. The van der Waals surface area contributed by atoms with Gasteiger partial charge in [-0.25, -0.2) is 13.2 Å². The van der Waals surface area contributed by atoms with Gasteiger partial charge in [0.1, 0.15) is 5.82 Å². The lowest BCUT2D eigenvalue weighted by atomic mass is 10.2. The van der Waals surface area contributed by atoms with Crippen LogP contribution in [0, 0.1) is 30.3 Å². The van der Waals surface area contributed by atoms with Gasteiger partial charge in [-0.15, -0.1) is 0 Å². The summed E-state index contributed by atoms with van der Waals surface area (Å²) in [7, 11) is 0. The number of aromatic nitrogens is 1. The highest BCUT2D eigenvalue weighted by molar-refractivity contribution is 5.60. The van der Waals surface area contributed by atoms with Crippen molar-refractivity contribution >= 4 is 11.5 Å². The predicted octanol–water partition coefficient (Wildman–Crippen LogP) is 3.69. The summed E-state index contributed by atoms with van der Waals surface area (Å²) in [6, 6.07) is 4.48. The second-order valence-electron chi connectivity index (χ2n) is 3.63. The fourth-order valence-electron chi connectivity index (χ4n) is 1.40. The smallest absolute Gasteiger partial charge is 0.251 e. The Labute approximate surface area is 100 Å². The third-order valence-corrected chi connectivity index (χ3v) is 2.41. The number of benzene rings is 1. The van der Waals surface area contributed by atoms with Crippen LogP contribution in [0.4, 0.5) is 29.1 Å². The summed E-state index contributed by atoms with van der Waals surface area (Å²) in [5.41, 5.74) is 0.454. The third-order valence-electron chi connectivity index (χ3n) is 2.41. The topological polar surface area (TPSA) is 24.9 Å². The molecule has 0 saturated carbocycles. The largest absolute Gasteiger partial charge is 0.337 e. The monoisotopic (exact) mass is 256 g/mol. The standard InChI is InChI=1S/C12H8F4N2/c1-6-7(13)3-2-4-10(6)17-12-9(15)5-8(14)11(16)18-12/h2-5H,1H3,(H,17,18). The molecule has 0 aliphatic carbocycles. The van der Waals surface area contributed by atoms with Crippen molar-refractivity contribution in [2.24, 2.45) is 0 Å². The zero-order valence-corrected chi connectivity index (χ0v) is 9.27. The molecule has 0 aliphatic heterocycles. The molecule has 1 N–H and O–H groups in total. The molecule has 0 fully saturated rings. The van der Waals surface area contributed by atoms with Gasteiger partial charge in [-0.3, -0.25) is 0 Å². The molecule has 1 aromatic carbocycles. The van der Waals surface area contributed by atoms with Gasteiger partial charge in [-0.2, -0.15) is 9.37 Å². The van der Waals surface area contributed by atoms with Crippen LogP contribution in [-0.4, -0.2) is 4.98 Å². The Kier molecular flexibility index (Phi) is 3.18. The number of nitrogens with one attached hydrogen (secondary N) is 1. The van der Waals surface area contributed by atoms with Crippen LogP contribution in [0.2, 0.25) is 0 Å². The van der Waals surface area contributed by atoms with E-state index in [9.17, 15) is 17.6 Å². The van der Waals surface area contributed by atoms with Crippen molar-refractivity contribution in [2.75, 3.05) is 5.32 Å². The zero-order valence-electron chi connectivity index (χ0n) is 9.27. The van der Waals surface area contributed by atoms with Crippen molar-refractivity contribution in [1.29, 1.82) is 0 Å². The summed E-state index contributed by atoms with van der Waals surface area (Å²) in [6.45, 7) is 1.47. The SMILES string of the molecule is Cc1c(F)cccc1Nc1nc(F)c(F)cc1F. The van der Waals surface area contributed by atoms with Gasteiger partial charge in [-0.05, 0) is 19.1 Å². The van der Waals surface area contributed by atoms with E-state index in [2.05, 4.69) is 10.3 Å². The predicted molar refractivity (Wildman–Crippen MR) is 58.5 cm³/mol. The van der Waals surface area contributed by atoms with Crippen molar-refractivity contribution in [2.45, 2.75) is 6.92 Å². The van der Waals surface area contributed by atoms with Crippen LogP contribution in [0.15, 0.2) is 24.3 Å². The Morgan fingerprint density at radius 1 is 1.00 bits per heavy atom. The van der Waals surface area contributed by atoms with Crippen LogP contribution in [-0.2, 0) is 0 Å². The highest BCUT2D eigenvalue weighted by Gasteiger charge is 2.13. The molecule has 0 amide bonds. The minimum atomic E-state index is -1.42. The van der Waals surface area contributed by atoms with E-state index in [1.54, 1.807) is 0 Å². The van der Waals surface area contributed by atoms with Crippen molar-refractivity contribution in [3.05, 3.63) is 53.2 Å². The summed E-state index contributed by atoms with van der Waals surface area (Å²) < 4.78 is 52.1. The lowest BCUT2D eigenvalue weighted by molar-refractivity contribution is 0.467. The van der Waals surface area contributed by atoms with Crippen LogP contribution in [0.5, 0.6) is 0 Å². The van der Waals surface area contributed by atoms with E-state index in [1.165, 1.54) is 25.1 Å².